The Labute approximate surface area is 176 Å². The van der Waals surface area contributed by atoms with Crippen LogP contribution in [0.4, 0.5) is 0 Å². The maximum atomic E-state index is 11.0. The van der Waals surface area contributed by atoms with Gasteiger partial charge < -0.3 is 9.53 Å². The monoisotopic (exact) mass is 410 g/mol. The fraction of sp³-hybridized carbons (Fsp3) is 0.400. The molecule has 29 heavy (non-hydrogen) atoms. The molecule has 4 heteroatoms. The fourth-order valence-electron chi connectivity index (χ4n) is 2.79. The lowest BCUT2D eigenvalue weighted by molar-refractivity contribution is 0.0697. The highest BCUT2D eigenvalue weighted by atomic mass is 28.4. The average Bonchev–Trinajstić information content (AvgIpc) is 2.64. The van der Waals surface area contributed by atoms with Gasteiger partial charge in [0.2, 0.25) is 0 Å². The first-order valence-electron chi connectivity index (χ1n) is 10.2. The fourth-order valence-corrected chi connectivity index (χ4v) is 3.74. The zero-order valence-corrected chi connectivity index (χ0v) is 19.7. The van der Waals surface area contributed by atoms with Gasteiger partial charge in [0, 0.05) is 0 Å². The van der Waals surface area contributed by atoms with Crippen LogP contribution in [0.1, 0.15) is 73.1 Å². The molecule has 3 nitrogen and oxygen atoms in total. The van der Waals surface area contributed by atoms with Crippen LogP contribution in [0.15, 0.2) is 42.5 Å². The van der Waals surface area contributed by atoms with Crippen LogP contribution in [0.3, 0.4) is 0 Å². The molecule has 0 fully saturated rings. The van der Waals surface area contributed by atoms with Gasteiger partial charge >= 0.3 is 5.97 Å². The van der Waals surface area contributed by atoms with E-state index in [-0.39, 0.29) is 5.04 Å². The molecular weight excluding hydrogens is 376 g/mol. The van der Waals surface area contributed by atoms with Crippen molar-refractivity contribution in [2.24, 2.45) is 0 Å². The molecule has 0 aromatic heterocycles. The third-order valence-electron chi connectivity index (χ3n) is 5.81. The van der Waals surface area contributed by atoms with Gasteiger partial charge in [-0.1, -0.05) is 77.1 Å². The molecule has 0 unspecified atom stereocenters. The minimum atomic E-state index is -1.79. The van der Waals surface area contributed by atoms with E-state index in [1.54, 1.807) is 12.1 Å². The molecule has 2 rings (SSSR count). The summed E-state index contributed by atoms with van der Waals surface area (Å²) >= 11 is 0. The van der Waals surface area contributed by atoms with Crippen LogP contribution in [0.5, 0.6) is 0 Å². The van der Waals surface area contributed by atoms with Gasteiger partial charge in [-0.25, -0.2) is 4.79 Å². The third kappa shape index (κ3) is 6.15. The van der Waals surface area contributed by atoms with Gasteiger partial charge in [0.05, 0.1) is 12.2 Å². The van der Waals surface area contributed by atoms with E-state index in [1.165, 1.54) is 11.1 Å². The minimum absolute atomic E-state index is 0.198. The molecule has 0 aliphatic carbocycles. The Bertz CT molecular complexity index is 872. The number of hydrogen-bond donors (Lipinski definition) is 1. The molecule has 0 bridgehead atoms. The smallest absolute Gasteiger partial charge is 0.335 e. The van der Waals surface area contributed by atoms with Crippen LogP contribution in [-0.4, -0.2) is 19.4 Å². The van der Waals surface area contributed by atoms with Crippen LogP contribution in [0, 0.1) is 0 Å². The zero-order valence-electron chi connectivity index (χ0n) is 18.7. The third-order valence-corrected chi connectivity index (χ3v) is 10.3. The molecule has 0 aliphatic heterocycles. The van der Waals surface area contributed by atoms with Gasteiger partial charge in [-0.2, -0.15) is 0 Å². The molecule has 156 valence electrons. The number of hydrogen-bond acceptors (Lipinski definition) is 2. The van der Waals surface area contributed by atoms with Crippen molar-refractivity contribution in [2.75, 3.05) is 0 Å². The molecule has 2 aromatic carbocycles. The normalized spacial score (nSPS) is 12.7. The number of benzene rings is 2. The van der Waals surface area contributed by atoms with Crippen molar-refractivity contribution in [1.82, 2.24) is 0 Å². The molecule has 0 saturated heterocycles. The van der Waals surface area contributed by atoms with Crippen molar-refractivity contribution < 1.29 is 14.3 Å². The van der Waals surface area contributed by atoms with E-state index < -0.39 is 14.3 Å². The maximum Gasteiger partial charge on any atom is 0.335 e. The summed E-state index contributed by atoms with van der Waals surface area (Å²) in [7, 11) is -1.79. The maximum absolute atomic E-state index is 11.0. The van der Waals surface area contributed by atoms with Gasteiger partial charge in [0.25, 0.3) is 0 Å². The Balaban J connectivity index is 2.19. The molecule has 1 N–H and O–H groups in total. The van der Waals surface area contributed by atoms with Gasteiger partial charge in [0.15, 0.2) is 8.32 Å². The van der Waals surface area contributed by atoms with Gasteiger partial charge in [-0.05, 0) is 58.4 Å². The number of carboxylic acids is 1. The summed E-state index contributed by atoms with van der Waals surface area (Å²) in [4.78, 5) is 11.0. The van der Waals surface area contributed by atoms with Crippen LogP contribution >= 0.6 is 0 Å². The molecule has 0 aliphatic rings. The zero-order chi connectivity index (χ0) is 21.8. The molecule has 0 radical (unpaired) electrons. The van der Waals surface area contributed by atoms with Crippen LogP contribution in [0.2, 0.25) is 18.1 Å². The summed E-state index contributed by atoms with van der Waals surface area (Å²) in [5, 5.41) is 9.20. The molecule has 0 heterocycles. The van der Waals surface area contributed by atoms with E-state index >= 15 is 0 Å². The summed E-state index contributed by atoms with van der Waals surface area (Å²) in [5.41, 5.74) is 4.98. The van der Waals surface area contributed by atoms with Gasteiger partial charge in [-0.3, -0.25) is 0 Å². The summed E-state index contributed by atoms with van der Waals surface area (Å²) in [6.45, 7) is 16.4. The Kier molecular flexibility index (Phi) is 7.25. The number of carbonyl (C=O) groups is 1. The summed E-state index contributed by atoms with van der Waals surface area (Å²) in [5.74, 6) is -0.492. The Hall–Kier alpha value is -2.17. The molecule has 0 atom stereocenters. The number of aromatic carboxylic acids is 1. The first kappa shape index (κ1) is 23.1. The molecule has 2 aromatic rings. The second-order valence-electron chi connectivity index (χ2n) is 9.42. The first-order chi connectivity index (χ1) is 13.4. The summed E-state index contributed by atoms with van der Waals surface area (Å²) in [6, 6.07) is 13.4. The molecular formula is C25H34O3Si. The SMILES string of the molecule is CC(C)c1cc(C=Cc2ccc(C(=O)O)cc2)ccc1CO[Si](C)(C)C(C)(C)C. The number of rotatable bonds is 7. The topological polar surface area (TPSA) is 46.5 Å². The van der Waals surface area contributed by atoms with Crippen molar-refractivity contribution in [1.29, 1.82) is 0 Å². The van der Waals surface area contributed by atoms with Gasteiger partial charge in [0.1, 0.15) is 0 Å². The minimum Gasteiger partial charge on any atom is -0.478 e. The quantitative estimate of drug-likeness (QED) is 0.388. The van der Waals surface area contributed by atoms with Crippen molar-refractivity contribution >= 4 is 26.4 Å². The highest BCUT2D eigenvalue weighted by Gasteiger charge is 2.37. The lowest BCUT2D eigenvalue weighted by atomic mass is 9.95. The first-order valence-corrected chi connectivity index (χ1v) is 13.1. The van der Waals surface area contributed by atoms with E-state index in [4.69, 9.17) is 9.53 Å². The highest BCUT2D eigenvalue weighted by molar-refractivity contribution is 6.74. The van der Waals surface area contributed by atoms with Gasteiger partial charge in [-0.15, -0.1) is 0 Å². The van der Waals surface area contributed by atoms with Crippen molar-refractivity contribution in [3.63, 3.8) is 0 Å². The van der Waals surface area contributed by atoms with E-state index in [1.807, 2.05) is 18.2 Å². The molecule has 0 spiro atoms. The Morgan fingerprint density at radius 3 is 2.10 bits per heavy atom. The van der Waals surface area contributed by atoms with Crippen LogP contribution < -0.4 is 0 Å². The van der Waals surface area contributed by atoms with Crippen molar-refractivity contribution in [3.8, 4) is 0 Å². The van der Waals surface area contributed by atoms with E-state index in [0.29, 0.717) is 18.1 Å². The second-order valence-corrected chi connectivity index (χ2v) is 14.2. The van der Waals surface area contributed by atoms with Crippen molar-refractivity contribution in [2.45, 2.75) is 65.3 Å². The Morgan fingerprint density at radius 1 is 1.03 bits per heavy atom. The summed E-state index contributed by atoms with van der Waals surface area (Å²) < 4.78 is 6.44. The standard InChI is InChI=1S/C25H34O3Si/c1-18(2)23-16-20(9-8-19-10-13-21(14-11-19)24(26)27)12-15-22(23)17-28-29(6,7)25(3,4)5/h8-16,18H,17H2,1-7H3,(H,26,27). The molecule has 0 saturated carbocycles. The number of carboxylic acid groups (broad SMARTS) is 1. The van der Waals surface area contributed by atoms with E-state index in [0.717, 1.165) is 11.1 Å². The van der Waals surface area contributed by atoms with Crippen molar-refractivity contribution in [3.05, 3.63) is 70.3 Å². The largest absolute Gasteiger partial charge is 0.478 e. The van der Waals surface area contributed by atoms with E-state index in [2.05, 4.69) is 72.0 Å². The molecule has 0 amide bonds. The lowest BCUT2D eigenvalue weighted by Gasteiger charge is -2.36. The lowest BCUT2D eigenvalue weighted by Crippen LogP contribution is -2.40. The predicted octanol–water partition coefficient (Wildman–Crippen LogP) is 7.20. The van der Waals surface area contributed by atoms with Crippen LogP contribution in [0.25, 0.3) is 12.2 Å². The second kappa shape index (κ2) is 9.10. The van der Waals surface area contributed by atoms with Crippen LogP contribution in [-0.2, 0) is 11.0 Å². The van der Waals surface area contributed by atoms with E-state index in [9.17, 15) is 4.79 Å². The highest BCUT2D eigenvalue weighted by Crippen LogP contribution is 2.37. The Morgan fingerprint density at radius 2 is 1.59 bits per heavy atom. The summed E-state index contributed by atoms with van der Waals surface area (Å²) in [6.07, 6.45) is 4.08. The average molecular weight is 411 g/mol. The predicted molar refractivity (Wildman–Crippen MR) is 125 cm³/mol.